The zero-order chi connectivity index (χ0) is 19.1. The van der Waals surface area contributed by atoms with Crippen LogP contribution in [-0.2, 0) is 4.74 Å². The predicted molar refractivity (Wildman–Crippen MR) is 113 cm³/mol. The smallest absolute Gasteiger partial charge is 0.188 e. The largest absolute Gasteiger partial charge is 0.379 e. The van der Waals surface area contributed by atoms with E-state index in [2.05, 4.69) is 39.2 Å². The molecule has 0 saturated carbocycles. The summed E-state index contributed by atoms with van der Waals surface area (Å²) >= 11 is 6.16. The maximum absolute atomic E-state index is 6.16. The van der Waals surface area contributed by atoms with Crippen molar-refractivity contribution in [2.24, 2.45) is 16.6 Å². The van der Waals surface area contributed by atoms with Gasteiger partial charge >= 0.3 is 0 Å². The number of hydrogen-bond donors (Lipinski definition) is 2. The zero-order valence-electron chi connectivity index (χ0n) is 16.3. The minimum absolute atomic E-state index is 0.539. The number of anilines is 1. The van der Waals surface area contributed by atoms with Crippen molar-refractivity contribution in [2.75, 3.05) is 63.9 Å². The molecule has 0 aromatic heterocycles. The minimum Gasteiger partial charge on any atom is -0.379 e. The van der Waals surface area contributed by atoms with Gasteiger partial charge in [0.1, 0.15) is 0 Å². The molecule has 0 bridgehead atoms. The number of nitrogens with two attached hydrogens (primary N) is 1. The van der Waals surface area contributed by atoms with Crippen LogP contribution < -0.4 is 16.0 Å². The first-order chi connectivity index (χ1) is 13.1. The van der Waals surface area contributed by atoms with Crippen LogP contribution in [0.5, 0.6) is 0 Å². The second-order valence-electron chi connectivity index (χ2n) is 7.49. The lowest BCUT2D eigenvalue weighted by molar-refractivity contribution is 0.0376. The fraction of sp³-hybridized carbons (Fsp3) is 0.650. The van der Waals surface area contributed by atoms with Gasteiger partial charge in [0.2, 0.25) is 0 Å². The van der Waals surface area contributed by atoms with E-state index < -0.39 is 0 Å². The fourth-order valence-corrected chi connectivity index (χ4v) is 3.92. The Bertz CT molecular complexity index is 633. The number of hydrogen-bond acceptors (Lipinski definition) is 4. The molecule has 6 nitrogen and oxygen atoms in total. The van der Waals surface area contributed by atoms with Gasteiger partial charge in [0.15, 0.2) is 5.96 Å². The number of ether oxygens (including phenoxy) is 1. The van der Waals surface area contributed by atoms with E-state index in [9.17, 15) is 0 Å². The van der Waals surface area contributed by atoms with Crippen molar-refractivity contribution < 1.29 is 4.74 Å². The maximum atomic E-state index is 6.16. The van der Waals surface area contributed by atoms with Gasteiger partial charge in [0.05, 0.1) is 13.2 Å². The van der Waals surface area contributed by atoms with Crippen LogP contribution in [0, 0.1) is 12.8 Å². The van der Waals surface area contributed by atoms with Crippen molar-refractivity contribution in [1.29, 1.82) is 0 Å². The number of rotatable bonds is 7. The summed E-state index contributed by atoms with van der Waals surface area (Å²) in [7, 11) is 0. The Morgan fingerprint density at radius 2 is 2.15 bits per heavy atom. The first-order valence-electron chi connectivity index (χ1n) is 9.97. The molecule has 1 aromatic carbocycles. The van der Waals surface area contributed by atoms with Gasteiger partial charge in [-0.2, -0.15) is 0 Å². The van der Waals surface area contributed by atoms with Crippen LogP contribution in [0.1, 0.15) is 18.4 Å². The summed E-state index contributed by atoms with van der Waals surface area (Å²) in [5, 5.41) is 4.04. The zero-order valence-corrected chi connectivity index (χ0v) is 17.0. The van der Waals surface area contributed by atoms with Gasteiger partial charge in [-0.1, -0.05) is 17.7 Å². The summed E-state index contributed by atoms with van der Waals surface area (Å²) in [6.45, 7) is 10.7. The fourth-order valence-electron chi connectivity index (χ4n) is 3.75. The maximum Gasteiger partial charge on any atom is 0.188 e. The van der Waals surface area contributed by atoms with Crippen LogP contribution in [0.3, 0.4) is 0 Å². The quantitative estimate of drug-likeness (QED) is 0.422. The molecule has 1 atom stereocenters. The molecule has 1 aromatic rings. The van der Waals surface area contributed by atoms with Crippen molar-refractivity contribution in [2.45, 2.75) is 19.8 Å². The van der Waals surface area contributed by atoms with Gasteiger partial charge in [-0.15, -0.1) is 0 Å². The highest BCUT2D eigenvalue weighted by Gasteiger charge is 2.23. The molecule has 0 spiro atoms. The van der Waals surface area contributed by atoms with Crippen LogP contribution in [0.25, 0.3) is 0 Å². The van der Waals surface area contributed by atoms with Crippen LogP contribution >= 0.6 is 11.6 Å². The Morgan fingerprint density at radius 3 is 2.96 bits per heavy atom. The van der Waals surface area contributed by atoms with Gasteiger partial charge in [-0.05, 0) is 49.9 Å². The van der Waals surface area contributed by atoms with E-state index in [0.29, 0.717) is 11.9 Å². The van der Waals surface area contributed by atoms with E-state index in [-0.39, 0.29) is 0 Å². The molecule has 2 aliphatic rings. The van der Waals surface area contributed by atoms with Gasteiger partial charge in [-0.25, -0.2) is 0 Å². The molecule has 2 heterocycles. The lowest BCUT2D eigenvalue weighted by atomic mass is 10.1. The molecule has 3 rings (SSSR count). The second-order valence-corrected chi connectivity index (χ2v) is 7.93. The summed E-state index contributed by atoms with van der Waals surface area (Å²) in [4.78, 5) is 9.40. The predicted octanol–water partition coefficient (Wildman–Crippen LogP) is 2.10. The number of guanidine groups is 1. The summed E-state index contributed by atoms with van der Waals surface area (Å²) in [5.41, 5.74) is 8.54. The highest BCUT2D eigenvalue weighted by Crippen LogP contribution is 2.29. The Morgan fingerprint density at radius 1 is 1.33 bits per heavy atom. The van der Waals surface area contributed by atoms with Crippen LogP contribution in [0.2, 0.25) is 5.02 Å². The van der Waals surface area contributed by atoms with E-state index in [1.54, 1.807) is 0 Å². The Kier molecular flexibility index (Phi) is 7.61. The summed E-state index contributed by atoms with van der Waals surface area (Å²) in [6.07, 6.45) is 2.21. The number of aliphatic imine (C=N–C) groups is 1. The number of nitrogens with zero attached hydrogens (tertiary/aromatic N) is 3. The average molecular weight is 394 g/mol. The molecular formula is C20H32ClN5O. The van der Waals surface area contributed by atoms with E-state index in [0.717, 1.165) is 76.9 Å². The minimum atomic E-state index is 0.539. The van der Waals surface area contributed by atoms with Crippen molar-refractivity contribution in [3.05, 3.63) is 28.8 Å². The monoisotopic (exact) mass is 393 g/mol. The molecule has 2 fully saturated rings. The molecule has 3 N–H and O–H groups in total. The first-order valence-corrected chi connectivity index (χ1v) is 10.3. The number of benzene rings is 1. The number of halogens is 1. The third kappa shape index (κ3) is 6.26. The van der Waals surface area contributed by atoms with Gasteiger partial charge < -0.3 is 20.7 Å². The first kappa shape index (κ1) is 20.2. The molecule has 1 unspecified atom stereocenters. The van der Waals surface area contributed by atoms with E-state index in [1.165, 1.54) is 11.3 Å². The molecule has 2 saturated heterocycles. The van der Waals surface area contributed by atoms with E-state index in [1.807, 2.05) is 6.07 Å². The molecule has 0 aliphatic carbocycles. The Hall–Kier alpha value is -1.50. The van der Waals surface area contributed by atoms with Gasteiger partial charge in [0, 0.05) is 50.0 Å². The normalized spacial score (nSPS) is 21.6. The molecule has 0 radical (unpaired) electrons. The number of aryl methyl sites for hydroxylation is 1. The Labute approximate surface area is 167 Å². The average Bonchev–Trinajstić information content (AvgIpc) is 3.15. The summed E-state index contributed by atoms with van der Waals surface area (Å²) in [6, 6.07) is 6.10. The van der Waals surface area contributed by atoms with Crippen molar-refractivity contribution in [3.8, 4) is 0 Å². The van der Waals surface area contributed by atoms with E-state index in [4.69, 9.17) is 22.1 Å². The second kappa shape index (κ2) is 10.2. The highest BCUT2D eigenvalue weighted by atomic mass is 35.5. The van der Waals surface area contributed by atoms with E-state index >= 15 is 0 Å². The molecule has 7 heteroatoms. The third-order valence-electron chi connectivity index (χ3n) is 5.38. The molecule has 150 valence electrons. The number of morpholine rings is 1. The van der Waals surface area contributed by atoms with Crippen molar-refractivity contribution in [1.82, 2.24) is 10.2 Å². The third-order valence-corrected chi connectivity index (χ3v) is 5.61. The van der Waals surface area contributed by atoms with Gasteiger partial charge in [-0.3, -0.25) is 9.89 Å². The molecule has 2 aliphatic heterocycles. The van der Waals surface area contributed by atoms with Gasteiger partial charge in [0.25, 0.3) is 0 Å². The summed E-state index contributed by atoms with van der Waals surface area (Å²) in [5.74, 6) is 1.10. The number of nitrogens with one attached hydrogen (secondary N) is 1. The van der Waals surface area contributed by atoms with Crippen LogP contribution in [0.15, 0.2) is 23.2 Å². The van der Waals surface area contributed by atoms with Crippen molar-refractivity contribution >= 4 is 23.2 Å². The molecular weight excluding hydrogens is 362 g/mol. The summed E-state index contributed by atoms with van der Waals surface area (Å²) < 4.78 is 5.37. The van der Waals surface area contributed by atoms with Crippen LogP contribution in [-0.4, -0.2) is 69.9 Å². The topological polar surface area (TPSA) is 66.1 Å². The lowest BCUT2D eigenvalue weighted by Gasteiger charge is -2.26. The molecule has 0 amide bonds. The standard InChI is InChI=1S/C20H32ClN5O/c1-16-3-4-18(21)13-19(16)26-8-5-17(15-26)14-24-20(22)23-6-2-7-25-9-11-27-12-10-25/h3-4,13,17H,2,5-12,14-15H2,1H3,(H3,22,23,24). The van der Waals surface area contributed by atoms with Crippen LogP contribution in [0.4, 0.5) is 5.69 Å². The van der Waals surface area contributed by atoms with Crippen molar-refractivity contribution in [3.63, 3.8) is 0 Å². The lowest BCUT2D eigenvalue weighted by Crippen LogP contribution is -2.39. The Balaban J connectivity index is 1.36. The SMILES string of the molecule is Cc1ccc(Cl)cc1N1CCC(CN=C(N)NCCCN2CCOCC2)C1. The highest BCUT2D eigenvalue weighted by molar-refractivity contribution is 6.30. The molecule has 27 heavy (non-hydrogen) atoms.